The summed E-state index contributed by atoms with van der Waals surface area (Å²) in [6.45, 7) is 0.247. The number of carbonyl (C=O) groups excluding carboxylic acids is 1. The first kappa shape index (κ1) is 13.2. The van der Waals surface area contributed by atoms with E-state index in [1.807, 2.05) is 25.1 Å². The molecule has 0 aliphatic carbocycles. The number of aliphatic hydroxyl groups is 1. The van der Waals surface area contributed by atoms with Gasteiger partial charge >= 0.3 is 6.03 Å². The molecule has 6 heteroatoms. The molecule has 0 aliphatic rings. The quantitative estimate of drug-likeness (QED) is 0.806. The number of anilines is 2. The summed E-state index contributed by atoms with van der Waals surface area (Å²) in [6.07, 6.45) is 1.60. The second-order valence-electron chi connectivity index (χ2n) is 3.87. The number of nitrogens with one attached hydrogen (secondary N) is 1. The average molecular weight is 238 g/mol. The molecule has 0 aliphatic heterocycles. The van der Waals surface area contributed by atoms with Crippen LogP contribution in [0.4, 0.5) is 16.3 Å². The molecule has 6 nitrogen and oxygen atoms in total. The number of pyridine rings is 1. The van der Waals surface area contributed by atoms with Gasteiger partial charge in [-0.1, -0.05) is 0 Å². The number of nitrogens with zero attached hydrogens (tertiary/aromatic N) is 3. The minimum atomic E-state index is -0.265. The van der Waals surface area contributed by atoms with Crippen LogP contribution in [0, 0.1) is 0 Å². The first-order chi connectivity index (χ1) is 8.04. The highest BCUT2D eigenvalue weighted by molar-refractivity contribution is 5.89. The summed E-state index contributed by atoms with van der Waals surface area (Å²) in [5, 5.41) is 11.4. The lowest BCUT2D eigenvalue weighted by Gasteiger charge is -2.17. The van der Waals surface area contributed by atoms with Gasteiger partial charge in [0, 0.05) is 27.7 Å². The van der Waals surface area contributed by atoms with Gasteiger partial charge < -0.3 is 20.2 Å². The summed E-state index contributed by atoms with van der Waals surface area (Å²) in [4.78, 5) is 19.0. The van der Waals surface area contributed by atoms with Gasteiger partial charge in [-0.05, 0) is 12.1 Å². The molecule has 0 spiro atoms. The van der Waals surface area contributed by atoms with Crippen molar-refractivity contribution in [2.75, 3.05) is 44.5 Å². The van der Waals surface area contributed by atoms with Crippen molar-refractivity contribution in [3.63, 3.8) is 0 Å². The van der Waals surface area contributed by atoms with E-state index in [1.54, 1.807) is 19.3 Å². The van der Waals surface area contributed by atoms with E-state index in [9.17, 15) is 4.79 Å². The SMILES string of the molecule is CN(CCO)C(=O)Nc1ccc(N(C)C)nc1. The van der Waals surface area contributed by atoms with Crippen molar-refractivity contribution >= 4 is 17.5 Å². The summed E-state index contributed by atoms with van der Waals surface area (Å²) in [5.41, 5.74) is 0.630. The summed E-state index contributed by atoms with van der Waals surface area (Å²) in [6, 6.07) is 3.34. The fourth-order valence-electron chi connectivity index (χ4n) is 1.19. The second kappa shape index (κ2) is 6.05. The van der Waals surface area contributed by atoms with Gasteiger partial charge in [-0.3, -0.25) is 0 Å². The molecule has 94 valence electrons. The average Bonchev–Trinajstić information content (AvgIpc) is 2.30. The summed E-state index contributed by atoms with van der Waals surface area (Å²) >= 11 is 0. The number of likely N-dealkylation sites (N-methyl/N-ethyl adjacent to an activating group) is 1. The summed E-state index contributed by atoms with van der Waals surface area (Å²) in [7, 11) is 5.42. The maximum atomic E-state index is 11.6. The summed E-state index contributed by atoms with van der Waals surface area (Å²) < 4.78 is 0. The van der Waals surface area contributed by atoms with Crippen LogP contribution in [0.2, 0.25) is 0 Å². The molecule has 0 radical (unpaired) electrons. The molecule has 0 atom stereocenters. The lowest BCUT2D eigenvalue weighted by Crippen LogP contribution is -2.33. The molecule has 1 rings (SSSR count). The first-order valence-corrected chi connectivity index (χ1v) is 5.31. The van der Waals surface area contributed by atoms with E-state index in [-0.39, 0.29) is 12.6 Å². The third-order valence-corrected chi connectivity index (χ3v) is 2.24. The Balaban J connectivity index is 2.60. The molecule has 0 bridgehead atoms. The molecule has 0 unspecified atom stereocenters. The maximum absolute atomic E-state index is 11.6. The van der Waals surface area contributed by atoms with Crippen LogP contribution in [0.5, 0.6) is 0 Å². The lowest BCUT2D eigenvalue weighted by molar-refractivity contribution is 0.202. The zero-order valence-electron chi connectivity index (χ0n) is 10.3. The van der Waals surface area contributed by atoms with Crippen LogP contribution in [0.25, 0.3) is 0 Å². The zero-order chi connectivity index (χ0) is 12.8. The van der Waals surface area contributed by atoms with Gasteiger partial charge in [0.1, 0.15) is 5.82 Å². The molecule has 2 amide bonds. The highest BCUT2D eigenvalue weighted by Crippen LogP contribution is 2.11. The van der Waals surface area contributed by atoms with E-state index in [0.29, 0.717) is 12.2 Å². The van der Waals surface area contributed by atoms with Crippen molar-refractivity contribution < 1.29 is 9.90 Å². The van der Waals surface area contributed by atoms with Crippen LogP contribution >= 0.6 is 0 Å². The fraction of sp³-hybridized carbons (Fsp3) is 0.455. The van der Waals surface area contributed by atoms with E-state index >= 15 is 0 Å². The topological polar surface area (TPSA) is 68.7 Å². The van der Waals surface area contributed by atoms with E-state index in [1.165, 1.54) is 4.90 Å². The molecule has 17 heavy (non-hydrogen) atoms. The highest BCUT2D eigenvalue weighted by Gasteiger charge is 2.08. The second-order valence-corrected chi connectivity index (χ2v) is 3.87. The predicted molar refractivity (Wildman–Crippen MR) is 67.3 cm³/mol. The van der Waals surface area contributed by atoms with Gasteiger partial charge in [-0.25, -0.2) is 9.78 Å². The number of aliphatic hydroxyl groups excluding tert-OH is 1. The molecular formula is C11H18N4O2. The van der Waals surface area contributed by atoms with Crippen LogP contribution in [-0.2, 0) is 0 Å². The summed E-state index contributed by atoms with van der Waals surface area (Å²) in [5.74, 6) is 0.826. The van der Waals surface area contributed by atoms with Gasteiger partial charge in [0.25, 0.3) is 0 Å². The Labute approximate surface area is 101 Å². The highest BCUT2D eigenvalue weighted by atomic mass is 16.3. The maximum Gasteiger partial charge on any atom is 0.321 e. The van der Waals surface area contributed by atoms with Crippen LogP contribution in [-0.4, -0.2) is 55.3 Å². The molecule has 1 heterocycles. The van der Waals surface area contributed by atoms with Gasteiger partial charge in [-0.15, -0.1) is 0 Å². The Morgan fingerprint density at radius 3 is 2.59 bits per heavy atom. The fourth-order valence-corrected chi connectivity index (χ4v) is 1.19. The Morgan fingerprint density at radius 2 is 2.12 bits per heavy atom. The number of aromatic nitrogens is 1. The molecule has 1 aromatic rings. The Morgan fingerprint density at radius 1 is 1.41 bits per heavy atom. The van der Waals surface area contributed by atoms with Gasteiger partial charge in [0.2, 0.25) is 0 Å². The molecule has 2 N–H and O–H groups in total. The zero-order valence-corrected chi connectivity index (χ0v) is 10.3. The van der Waals surface area contributed by atoms with Crippen LogP contribution in [0.3, 0.4) is 0 Å². The van der Waals surface area contributed by atoms with Crippen molar-refractivity contribution in [2.45, 2.75) is 0 Å². The van der Waals surface area contributed by atoms with E-state index in [4.69, 9.17) is 5.11 Å². The number of hydrogen-bond acceptors (Lipinski definition) is 4. The lowest BCUT2D eigenvalue weighted by atomic mass is 10.4. The molecule has 0 fully saturated rings. The number of amides is 2. The molecule has 0 saturated carbocycles. The van der Waals surface area contributed by atoms with Crippen LogP contribution < -0.4 is 10.2 Å². The minimum Gasteiger partial charge on any atom is -0.395 e. The molecular weight excluding hydrogens is 220 g/mol. The van der Waals surface area contributed by atoms with E-state index in [0.717, 1.165) is 5.82 Å². The van der Waals surface area contributed by atoms with E-state index in [2.05, 4.69) is 10.3 Å². The number of carbonyl (C=O) groups is 1. The van der Waals surface area contributed by atoms with Gasteiger partial charge in [-0.2, -0.15) is 0 Å². The largest absolute Gasteiger partial charge is 0.395 e. The van der Waals surface area contributed by atoms with E-state index < -0.39 is 0 Å². The standard InChI is InChI=1S/C11H18N4O2/c1-14(2)10-5-4-9(8-12-10)13-11(17)15(3)6-7-16/h4-5,8,16H,6-7H2,1-3H3,(H,13,17). The number of urea groups is 1. The van der Waals surface area contributed by atoms with Crippen molar-refractivity contribution in [3.8, 4) is 0 Å². The van der Waals surface area contributed by atoms with Crippen LogP contribution in [0.1, 0.15) is 0 Å². The Hall–Kier alpha value is -1.82. The van der Waals surface area contributed by atoms with Crippen LogP contribution in [0.15, 0.2) is 18.3 Å². The van der Waals surface area contributed by atoms with Gasteiger partial charge in [0.05, 0.1) is 18.5 Å². The number of rotatable bonds is 4. The molecule has 0 aromatic carbocycles. The Bertz CT molecular complexity index is 364. The Kier molecular flexibility index (Phi) is 4.71. The third kappa shape index (κ3) is 3.92. The molecule has 0 saturated heterocycles. The van der Waals surface area contributed by atoms with Crippen molar-refractivity contribution in [1.29, 1.82) is 0 Å². The third-order valence-electron chi connectivity index (χ3n) is 2.24. The molecule has 1 aromatic heterocycles. The van der Waals surface area contributed by atoms with Crippen molar-refractivity contribution in [3.05, 3.63) is 18.3 Å². The smallest absolute Gasteiger partial charge is 0.321 e. The monoisotopic (exact) mass is 238 g/mol. The van der Waals surface area contributed by atoms with Gasteiger partial charge in [0.15, 0.2) is 0 Å². The predicted octanol–water partition coefficient (Wildman–Crippen LogP) is 0.604. The minimum absolute atomic E-state index is 0.0538. The van der Waals surface area contributed by atoms with Crippen molar-refractivity contribution in [2.24, 2.45) is 0 Å². The first-order valence-electron chi connectivity index (χ1n) is 5.31. The van der Waals surface area contributed by atoms with Crippen molar-refractivity contribution in [1.82, 2.24) is 9.88 Å². The number of hydrogen-bond donors (Lipinski definition) is 2. The normalized spacial score (nSPS) is 9.88.